The Labute approximate surface area is 162 Å². The van der Waals surface area contributed by atoms with Gasteiger partial charge in [0.25, 0.3) is 0 Å². The van der Waals surface area contributed by atoms with Gasteiger partial charge in [-0.05, 0) is 37.8 Å². The lowest BCUT2D eigenvalue weighted by molar-refractivity contribution is -0.188. The van der Waals surface area contributed by atoms with Crippen LogP contribution in [0.4, 0.5) is 5.82 Å². The molecule has 3 atom stereocenters. The normalized spacial score (nSPS) is 31.0. The Hall–Kier alpha value is -1.82. The minimum Gasteiger partial charge on any atom is -0.377 e. The number of hydrogen-bond acceptors (Lipinski definition) is 4. The Bertz CT molecular complexity index is 654. The number of guanidine groups is 1. The number of pyridine rings is 1. The molecule has 0 radical (unpaired) electrons. The van der Waals surface area contributed by atoms with Crippen molar-refractivity contribution in [2.75, 3.05) is 31.6 Å². The Morgan fingerprint density at radius 3 is 2.74 bits per heavy atom. The molecule has 1 aromatic rings. The molecule has 1 aliphatic carbocycles. The van der Waals surface area contributed by atoms with Gasteiger partial charge in [-0.3, -0.25) is 4.99 Å². The second-order valence-electron chi connectivity index (χ2n) is 8.71. The molecule has 27 heavy (non-hydrogen) atoms. The molecule has 0 aromatic carbocycles. The van der Waals surface area contributed by atoms with Gasteiger partial charge in [-0.15, -0.1) is 0 Å². The number of aliphatic imine (C=N–C) groups is 1. The minimum atomic E-state index is 0.158. The largest absolute Gasteiger partial charge is 0.377 e. The first-order valence-electron chi connectivity index (χ1n) is 10.4. The van der Waals surface area contributed by atoms with E-state index < -0.39 is 0 Å². The molecular weight excluding hydrogens is 338 g/mol. The van der Waals surface area contributed by atoms with Crippen LogP contribution in [0.15, 0.2) is 29.4 Å². The van der Waals surface area contributed by atoms with E-state index >= 15 is 0 Å². The van der Waals surface area contributed by atoms with Gasteiger partial charge in [-0.2, -0.15) is 0 Å². The Kier molecular flexibility index (Phi) is 5.26. The lowest BCUT2D eigenvalue weighted by atomic mass is 9.55. The van der Waals surface area contributed by atoms with Gasteiger partial charge in [0, 0.05) is 56.4 Å². The van der Waals surface area contributed by atoms with Gasteiger partial charge in [-0.1, -0.05) is 19.9 Å². The van der Waals surface area contributed by atoms with Crippen LogP contribution in [0.5, 0.6) is 0 Å². The molecular formula is C21H33N5O. The average molecular weight is 372 g/mol. The van der Waals surface area contributed by atoms with Crippen LogP contribution >= 0.6 is 0 Å². The van der Waals surface area contributed by atoms with E-state index in [1.807, 2.05) is 19.3 Å². The number of rotatable bonds is 3. The zero-order valence-electron chi connectivity index (χ0n) is 16.8. The second-order valence-corrected chi connectivity index (χ2v) is 8.71. The summed E-state index contributed by atoms with van der Waals surface area (Å²) in [6.07, 6.45) is 6.89. The molecule has 2 N–H and O–H groups in total. The van der Waals surface area contributed by atoms with Crippen molar-refractivity contribution in [3.05, 3.63) is 24.4 Å². The number of nitrogens with zero attached hydrogens (tertiary/aromatic N) is 3. The molecule has 2 saturated heterocycles. The van der Waals surface area contributed by atoms with E-state index in [0.29, 0.717) is 24.1 Å². The molecule has 3 heterocycles. The summed E-state index contributed by atoms with van der Waals surface area (Å²) in [5, 5.41) is 7.38. The third kappa shape index (κ3) is 3.64. The van der Waals surface area contributed by atoms with Crippen molar-refractivity contribution in [2.45, 2.75) is 57.7 Å². The van der Waals surface area contributed by atoms with Crippen molar-refractivity contribution >= 4 is 11.8 Å². The van der Waals surface area contributed by atoms with Crippen molar-refractivity contribution in [3.8, 4) is 0 Å². The van der Waals surface area contributed by atoms with Gasteiger partial charge in [0.15, 0.2) is 5.96 Å². The standard InChI is InChI=1S/C21H33N5O/c1-21(2)18(16-7-6-14-27-19(16)21)25-20(22-3)24-15-9-12-26(13-10-15)17-8-4-5-11-23-17/h4-5,8,11,15-16,18-19H,6-7,9-10,12-14H2,1-3H3,(H2,22,24,25). The first-order chi connectivity index (χ1) is 13.1. The summed E-state index contributed by atoms with van der Waals surface area (Å²) in [6, 6.07) is 7.01. The maximum absolute atomic E-state index is 6.03. The van der Waals surface area contributed by atoms with Crippen LogP contribution < -0.4 is 15.5 Å². The molecule has 6 nitrogen and oxygen atoms in total. The molecule has 4 rings (SSSR count). The van der Waals surface area contributed by atoms with E-state index in [0.717, 1.165) is 44.3 Å². The molecule has 3 aliphatic rings. The SMILES string of the molecule is CN=C(NC1CCN(c2ccccn2)CC1)NC1C2CCCOC2C1(C)C. The van der Waals surface area contributed by atoms with Crippen molar-refractivity contribution in [2.24, 2.45) is 16.3 Å². The molecule has 1 saturated carbocycles. The Morgan fingerprint density at radius 1 is 1.22 bits per heavy atom. The van der Waals surface area contributed by atoms with Crippen LogP contribution in [0.1, 0.15) is 39.5 Å². The molecule has 0 amide bonds. The third-order valence-electron chi connectivity index (χ3n) is 6.66. The maximum atomic E-state index is 6.03. The summed E-state index contributed by atoms with van der Waals surface area (Å²) in [7, 11) is 1.87. The van der Waals surface area contributed by atoms with Crippen LogP contribution in [0.2, 0.25) is 0 Å². The predicted octanol–water partition coefficient (Wildman–Crippen LogP) is 2.42. The number of nitrogens with one attached hydrogen (secondary N) is 2. The molecule has 148 valence electrons. The van der Waals surface area contributed by atoms with Crippen LogP contribution in [0.3, 0.4) is 0 Å². The lowest BCUT2D eigenvalue weighted by Gasteiger charge is -2.60. The highest BCUT2D eigenvalue weighted by Gasteiger charge is 2.58. The van der Waals surface area contributed by atoms with Crippen LogP contribution in [-0.4, -0.2) is 55.9 Å². The van der Waals surface area contributed by atoms with Crippen LogP contribution in [0.25, 0.3) is 0 Å². The summed E-state index contributed by atoms with van der Waals surface area (Å²) in [5.74, 6) is 2.63. The van der Waals surface area contributed by atoms with Gasteiger partial charge >= 0.3 is 0 Å². The molecule has 6 heteroatoms. The van der Waals surface area contributed by atoms with Crippen molar-refractivity contribution in [1.29, 1.82) is 0 Å². The average Bonchev–Trinajstić information content (AvgIpc) is 2.72. The molecule has 1 aromatic heterocycles. The third-order valence-corrected chi connectivity index (χ3v) is 6.66. The summed E-state index contributed by atoms with van der Waals surface area (Å²) in [4.78, 5) is 11.4. The van der Waals surface area contributed by atoms with Gasteiger partial charge in [0.1, 0.15) is 5.82 Å². The molecule has 3 unspecified atom stereocenters. The number of fused-ring (bicyclic) bond motifs is 1. The summed E-state index contributed by atoms with van der Waals surface area (Å²) >= 11 is 0. The Balaban J connectivity index is 1.30. The first-order valence-corrected chi connectivity index (χ1v) is 10.4. The smallest absolute Gasteiger partial charge is 0.191 e. The van der Waals surface area contributed by atoms with E-state index in [-0.39, 0.29) is 5.41 Å². The van der Waals surface area contributed by atoms with Gasteiger partial charge < -0.3 is 20.3 Å². The lowest BCUT2D eigenvalue weighted by Crippen LogP contribution is -2.71. The molecule has 0 bridgehead atoms. The summed E-state index contributed by atoms with van der Waals surface area (Å²) in [5.41, 5.74) is 0.158. The summed E-state index contributed by atoms with van der Waals surface area (Å²) < 4.78 is 6.03. The molecule has 2 aliphatic heterocycles. The predicted molar refractivity (Wildman–Crippen MR) is 109 cm³/mol. The van der Waals surface area contributed by atoms with E-state index in [9.17, 15) is 0 Å². The van der Waals surface area contributed by atoms with E-state index in [4.69, 9.17) is 4.74 Å². The zero-order valence-corrected chi connectivity index (χ0v) is 16.8. The first kappa shape index (κ1) is 18.5. The van der Waals surface area contributed by atoms with Gasteiger partial charge in [0.05, 0.1) is 6.10 Å². The van der Waals surface area contributed by atoms with Gasteiger partial charge in [-0.25, -0.2) is 4.98 Å². The van der Waals surface area contributed by atoms with Crippen LogP contribution in [-0.2, 0) is 4.74 Å². The molecule has 3 fully saturated rings. The maximum Gasteiger partial charge on any atom is 0.191 e. The van der Waals surface area contributed by atoms with E-state index in [2.05, 4.69) is 51.5 Å². The number of anilines is 1. The highest BCUT2D eigenvalue weighted by molar-refractivity contribution is 5.80. The quantitative estimate of drug-likeness (QED) is 0.631. The van der Waals surface area contributed by atoms with Crippen molar-refractivity contribution < 1.29 is 4.74 Å². The minimum absolute atomic E-state index is 0.158. The fourth-order valence-electron chi connectivity index (χ4n) is 5.12. The fraction of sp³-hybridized carbons (Fsp3) is 0.714. The highest BCUT2D eigenvalue weighted by Crippen LogP contribution is 2.51. The van der Waals surface area contributed by atoms with Crippen molar-refractivity contribution in [3.63, 3.8) is 0 Å². The second kappa shape index (κ2) is 7.66. The van der Waals surface area contributed by atoms with E-state index in [1.165, 1.54) is 12.8 Å². The monoisotopic (exact) mass is 371 g/mol. The topological polar surface area (TPSA) is 61.8 Å². The Morgan fingerprint density at radius 2 is 2.04 bits per heavy atom. The highest BCUT2D eigenvalue weighted by atomic mass is 16.5. The van der Waals surface area contributed by atoms with E-state index in [1.54, 1.807) is 0 Å². The van der Waals surface area contributed by atoms with Crippen molar-refractivity contribution in [1.82, 2.24) is 15.6 Å². The van der Waals surface area contributed by atoms with Crippen LogP contribution in [0, 0.1) is 11.3 Å². The number of hydrogen-bond donors (Lipinski definition) is 2. The zero-order chi connectivity index (χ0) is 18.9. The van der Waals surface area contributed by atoms with Gasteiger partial charge in [0.2, 0.25) is 0 Å². The number of piperidine rings is 1. The molecule has 0 spiro atoms. The number of ether oxygens (including phenoxy) is 1. The number of aromatic nitrogens is 1. The fourth-order valence-corrected chi connectivity index (χ4v) is 5.12. The summed E-state index contributed by atoms with van der Waals surface area (Å²) in [6.45, 7) is 7.60.